The highest BCUT2D eigenvalue weighted by Gasteiger charge is 2.34. The first-order chi connectivity index (χ1) is 10.9. The van der Waals surface area contributed by atoms with Crippen LogP contribution in [0, 0.1) is 0 Å². The SMILES string of the molecule is O=C(CNC1CCCCCC1)Nc1ccc(Cl)cc1C(F)(F)F. The van der Waals surface area contributed by atoms with Gasteiger partial charge < -0.3 is 10.6 Å². The van der Waals surface area contributed by atoms with Crippen LogP contribution in [0.3, 0.4) is 0 Å². The molecule has 3 nitrogen and oxygen atoms in total. The minimum absolute atomic E-state index is 0.00455. The highest BCUT2D eigenvalue weighted by molar-refractivity contribution is 6.30. The van der Waals surface area contributed by atoms with Crippen molar-refractivity contribution in [2.24, 2.45) is 0 Å². The van der Waals surface area contributed by atoms with Gasteiger partial charge in [0.1, 0.15) is 0 Å². The molecule has 1 amide bonds. The summed E-state index contributed by atoms with van der Waals surface area (Å²) in [6, 6.07) is 3.57. The molecule has 2 rings (SSSR count). The second-order valence-corrected chi connectivity index (χ2v) is 6.24. The molecule has 0 saturated heterocycles. The molecular formula is C16H20ClF3N2O. The summed E-state index contributed by atoms with van der Waals surface area (Å²) < 4.78 is 38.9. The number of hydrogen-bond donors (Lipinski definition) is 2. The standard InChI is InChI=1S/C16H20ClF3N2O/c17-11-7-8-14(13(9-11)16(18,19)20)22-15(23)10-21-12-5-3-1-2-4-6-12/h7-9,12,21H,1-6,10H2,(H,22,23). The average molecular weight is 349 g/mol. The number of anilines is 1. The third kappa shape index (κ3) is 5.70. The summed E-state index contributed by atoms with van der Waals surface area (Å²) in [5.41, 5.74) is -1.21. The summed E-state index contributed by atoms with van der Waals surface area (Å²) in [6.07, 6.45) is 2.07. The van der Waals surface area contributed by atoms with Gasteiger partial charge >= 0.3 is 6.18 Å². The average Bonchev–Trinajstić information content (AvgIpc) is 2.74. The first kappa shape index (κ1) is 18.1. The van der Waals surface area contributed by atoms with Gasteiger partial charge in [0.05, 0.1) is 17.8 Å². The molecule has 0 radical (unpaired) electrons. The fourth-order valence-corrected chi connectivity index (χ4v) is 2.95. The second kappa shape index (κ2) is 8.02. The van der Waals surface area contributed by atoms with Gasteiger partial charge in [-0.1, -0.05) is 37.3 Å². The first-order valence-electron chi connectivity index (χ1n) is 7.76. The fourth-order valence-electron chi connectivity index (χ4n) is 2.77. The van der Waals surface area contributed by atoms with Gasteiger partial charge in [-0.15, -0.1) is 0 Å². The van der Waals surface area contributed by atoms with Crippen LogP contribution in [-0.4, -0.2) is 18.5 Å². The molecule has 23 heavy (non-hydrogen) atoms. The van der Waals surface area contributed by atoms with Crippen LogP contribution in [0.4, 0.5) is 18.9 Å². The number of nitrogens with one attached hydrogen (secondary N) is 2. The summed E-state index contributed by atoms with van der Waals surface area (Å²) >= 11 is 5.61. The molecule has 0 unspecified atom stereocenters. The lowest BCUT2D eigenvalue weighted by Gasteiger charge is -2.17. The first-order valence-corrected chi connectivity index (χ1v) is 8.14. The summed E-state index contributed by atoms with van der Waals surface area (Å²) in [6.45, 7) is 0.00455. The van der Waals surface area contributed by atoms with Crippen molar-refractivity contribution in [2.45, 2.75) is 50.7 Å². The van der Waals surface area contributed by atoms with Crippen molar-refractivity contribution in [3.8, 4) is 0 Å². The molecule has 1 aromatic carbocycles. The number of amides is 1. The minimum atomic E-state index is -4.57. The lowest BCUT2D eigenvalue weighted by Crippen LogP contribution is -2.36. The molecule has 1 aromatic rings. The van der Waals surface area contributed by atoms with Crippen molar-refractivity contribution >= 4 is 23.2 Å². The fraction of sp³-hybridized carbons (Fsp3) is 0.562. The molecule has 1 saturated carbocycles. The van der Waals surface area contributed by atoms with E-state index in [-0.39, 0.29) is 23.3 Å². The topological polar surface area (TPSA) is 41.1 Å². The van der Waals surface area contributed by atoms with E-state index in [1.54, 1.807) is 0 Å². The molecule has 0 spiro atoms. The quantitative estimate of drug-likeness (QED) is 0.780. The minimum Gasteiger partial charge on any atom is -0.324 e. The zero-order valence-electron chi connectivity index (χ0n) is 12.7. The molecule has 0 atom stereocenters. The Morgan fingerprint density at radius 3 is 2.43 bits per heavy atom. The summed E-state index contributed by atoms with van der Waals surface area (Å²) in [4.78, 5) is 11.9. The summed E-state index contributed by atoms with van der Waals surface area (Å²) in [5, 5.41) is 5.43. The predicted molar refractivity (Wildman–Crippen MR) is 84.6 cm³/mol. The van der Waals surface area contributed by atoms with Crippen LogP contribution >= 0.6 is 11.6 Å². The van der Waals surface area contributed by atoms with Crippen molar-refractivity contribution < 1.29 is 18.0 Å². The Balaban J connectivity index is 1.94. The van der Waals surface area contributed by atoms with Crippen molar-refractivity contribution in [3.63, 3.8) is 0 Å². The van der Waals surface area contributed by atoms with Crippen molar-refractivity contribution in [3.05, 3.63) is 28.8 Å². The van der Waals surface area contributed by atoms with E-state index in [1.807, 2.05) is 0 Å². The third-order valence-corrected chi connectivity index (χ3v) is 4.20. The van der Waals surface area contributed by atoms with E-state index in [1.165, 1.54) is 25.0 Å². The van der Waals surface area contributed by atoms with E-state index in [0.29, 0.717) is 0 Å². The number of halogens is 4. The van der Waals surface area contributed by atoms with E-state index >= 15 is 0 Å². The number of alkyl halides is 3. The maximum Gasteiger partial charge on any atom is 0.418 e. The monoisotopic (exact) mass is 348 g/mol. The Kier molecular flexibility index (Phi) is 6.30. The summed E-state index contributed by atoms with van der Waals surface area (Å²) in [7, 11) is 0. The lowest BCUT2D eigenvalue weighted by molar-refractivity contribution is -0.137. The zero-order valence-corrected chi connectivity index (χ0v) is 13.4. The molecule has 128 valence electrons. The van der Waals surface area contributed by atoms with Crippen LogP contribution in [0.5, 0.6) is 0 Å². The third-order valence-electron chi connectivity index (χ3n) is 3.97. The number of benzene rings is 1. The zero-order chi connectivity index (χ0) is 16.9. The normalized spacial score (nSPS) is 16.9. The lowest BCUT2D eigenvalue weighted by atomic mass is 10.1. The van der Waals surface area contributed by atoms with E-state index < -0.39 is 17.6 Å². The molecule has 2 N–H and O–H groups in total. The van der Waals surface area contributed by atoms with Crippen LogP contribution in [0.15, 0.2) is 18.2 Å². The number of rotatable bonds is 4. The van der Waals surface area contributed by atoms with Crippen LogP contribution in [0.25, 0.3) is 0 Å². The maximum absolute atomic E-state index is 13.0. The van der Waals surface area contributed by atoms with Crippen molar-refractivity contribution in [2.75, 3.05) is 11.9 Å². The van der Waals surface area contributed by atoms with Gasteiger partial charge in [-0.05, 0) is 31.0 Å². The second-order valence-electron chi connectivity index (χ2n) is 5.81. The van der Waals surface area contributed by atoms with Crippen molar-refractivity contribution in [1.29, 1.82) is 0 Å². The van der Waals surface area contributed by atoms with Gasteiger partial charge in [0, 0.05) is 11.1 Å². The Bertz CT molecular complexity index is 541. The van der Waals surface area contributed by atoms with Crippen LogP contribution in [-0.2, 0) is 11.0 Å². The van der Waals surface area contributed by atoms with E-state index in [2.05, 4.69) is 10.6 Å². The van der Waals surface area contributed by atoms with E-state index in [4.69, 9.17) is 11.6 Å². The Labute approximate surface area is 138 Å². The largest absolute Gasteiger partial charge is 0.418 e. The maximum atomic E-state index is 13.0. The van der Waals surface area contributed by atoms with Gasteiger partial charge in [0.15, 0.2) is 0 Å². The molecule has 0 heterocycles. The molecule has 1 aliphatic rings. The highest BCUT2D eigenvalue weighted by atomic mass is 35.5. The molecule has 0 aromatic heterocycles. The van der Waals surface area contributed by atoms with Crippen molar-refractivity contribution in [1.82, 2.24) is 5.32 Å². The van der Waals surface area contributed by atoms with Gasteiger partial charge in [0.2, 0.25) is 5.91 Å². The van der Waals surface area contributed by atoms with Gasteiger partial charge in [0.25, 0.3) is 0 Å². The molecule has 0 bridgehead atoms. The number of carbonyl (C=O) groups is 1. The van der Waals surface area contributed by atoms with Gasteiger partial charge in [-0.3, -0.25) is 4.79 Å². The van der Waals surface area contributed by atoms with Crippen LogP contribution in [0.2, 0.25) is 5.02 Å². The van der Waals surface area contributed by atoms with Crippen LogP contribution in [0.1, 0.15) is 44.1 Å². The smallest absolute Gasteiger partial charge is 0.324 e. The molecule has 7 heteroatoms. The number of carbonyl (C=O) groups excluding carboxylic acids is 1. The molecule has 1 fully saturated rings. The molecule has 1 aliphatic carbocycles. The Hall–Kier alpha value is -1.27. The van der Waals surface area contributed by atoms with Gasteiger partial charge in [-0.25, -0.2) is 0 Å². The Morgan fingerprint density at radius 2 is 1.83 bits per heavy atom. The highest BCUT2D eigenvalue weighted by Crippen LogP contribution is 2.36. The van der Waals surface area contributed by atoms with E-state index in [9.17, 15) is 18.0 Å². The van der Waals surface area contributed by atoms with Crippen LogP contribution < -0.4 is 10.6 Å². The molecular weight excluding hydrogens is 329 g/mol. The van der Waals surface area contributed by atoms with E-state index in [0.717, 1.165) is 31.7 Å². The summed E-state index contributed by atoms with van der Waals surface area (Å²) in [5.74, 6) is -0.484. The Morgan fingerprint density at radius 1 is 1.17 bits per heavy atom. The predicted octanol–water partition coefficient (Wildman–Crippen LogP) is 4.61. The number of hydrogen-bond acceptors (Lipinski definition) is 2. The molecule has 0 aliphatic heterocycles. The van der Waals surface area contributed by atoms with Gasteiger partial charge in [-0.2, -0.15) is 13.2 Å².